The molecule has 2 aromatic carbocycles. The Morgan fingerprint density at radius 2 is 1.78 bits per heavy atom. The van der Waals surface area contributed by atoms with E-state index < -0.39 is 17.4 Å². The monoisotopic (exact) mass is 690 g/mol. The molecule has 2 aliphatic rings. The number of nitrogens with one attached hydrogen (secondary N) is 1. The van der Waals surface area contributed by atoms with Crippen LogP contribution in [0.15, 0.2) is 59.3 Å². The number of halogens is 3. The smallest absolute Gasteiger partial charge is 0.219 e. The number of pyridine rings is 1. The van der Waals surface area contributed by atoms with E-state index in [0.29, 0.717) is 16.9 Å². The maximum absolute atomic E-state index is 14.0. The molecule has 4 heterocycles. The van der Waals surface area contributed by atoms with Crippen molar-refractivity contribution in [2.24, 2.45) is 0 Å². The number of hydrogen-bond acceptors (Lipinski definition) is 7. The lowest BCUT2D eigenvalue weighted by molar-refractivity contribution is 0.0764. The van der Waals surface area contributed by atoms with Crippen molar-refractivity contribution in [3.8, 4) is 23.1 Å². The molecule has 46 heavy (non-hydrogen) atoms. The van der Waals surface area contributed by atoms with Gasteiger partial charge in [0.25, 0.3) is 0 Å². The number of carbonyl (C=O) groups is 1. The zero-order valence-corrected chi connectivity index (χ0v) is 26.8. The number of fused-ring (bicyclic) bond motifs is 1. The molecule has 1 saturated carbocycles. The maximum Gasteiger partial charge on any atom is 0.219 e. The van der Waals surface area contributed by atoms with Crippen molar-refractivity contribution in [1.82, 2.24) is 24.6 Å². The fourth-order valence-electron chi connectivity index (χ4n) is 6.51. The molecule has 9 nitrogen and oxygen atoms in total. The number of nitrogen functional groups attached to an aromatic ring is 1. The predicted octanol–water partition coefficient (Wildman–Crippen LogP) is 7.49. The molecule has 0 atom stereocenters. The Balaban J connectivity index is 1.06. The maximum atomic E-state index is 14.0. The van der Waals surface area contributed by atoms with E-state index in [1.165, 1.54) is 54.9 Å². The number of likely N-dealkylation sites (tertiary alicyclic amines) is 1. The molecule has 0 spiro atoms. The second-order valence-corrected chi connectivity index (χ2v) is 12.8. The zero-order valence-electron chi connectivity index (χ0n) is 25.2. The summed E-state index contributed by atoms with van der Waals surface area (Å²) in [5.74, 6) is -1.68. The first-order valence-corrected chi connectivity index (χ1v) is 16.2. The van der Waals surface area contributed by atoms with Crippen molar-refractivity contribution in [1.29, 1.82) is 0 Å². The van der Waals surface area contributed by atoms with Crippen LogP contribution in [0, 0.1) is 18.6 Å². The molecule has 3 aromatic heterocycles. The first-order chi connectivity index (χ1) is 22.2. The zero-order chi connectivity index (χ0) is 31.9. The number of carbonyl (C=O) groups excluding carboxylic acids is 1. The highest BCUT2D eigenvalue weighted by molar-refractivity contribution is 9.10. The van der Waals surface area contributed by atoms with Gasteiger partial charge in [-0.15, -0.1) is 0 Å². The number of rotatable bonds is 8. The molecule has 0 radical (unpaired) electrons. The number of aromatic nitrogens is 4. The van der Waals surface area contributed by atoms with Gasteiger partial charge in [-0.3, -0.25) is 4.79 Å². The van der Waals surface area contributed by atoms with E-state index >= 15 is 0 Å². The topological polar surface area (TPSA) is 111 Å². The number of nitrogens with zero attached hydrogens (tertiary/aromatic N) is 4. The largest absolute Gasteiger partial charge is 0.489 e. The molecular weight excluding hydrogens is 658 g/mol. The van der Waals surface area contributed by atoms with Crippen molar-refractivity contribution in [3.05, 3.63) is 87.8 Å². The number of piperidine rings is 1. The van der Waals surface area contributed by atoms with E-state index in [1.54, 1.807) is 13.0 Å². The van der Waals surface area contributed by atoms with Gasteiger partial charge < -0.3 is 25.1 Å². The molecule has 3 N–H and O–H groups in total. The summed E-state index contributed by atoms with van der Waals surface area (Å²) >= 11 is 3.65. The van der Waals surface area contributed by atoms with E-state index in [4.69, 9.17) is 15.2 Å². The molecule has 5 aromatic rings. The van der Waals surface area contributed by atoms with Gasteiger partial charge >= 0.3 is 0 Å². The van der Waals surface area contributed by atoms with Crippen LogP contribution >= 0.6 is 15.9 Å². The van der Waals surface area contributed by atoms with E-state index in [0.717, 1.165) is 65.2 Å². The van der Waals surface area contributed by atoms with Crippen LogP contribution in [0.4, 0.5) is 14.6 Å². The van der Waals surface area contributed by atoms with Crippen LogP contribution in [-0.4, -0.2) is 55.7 Å². The minimum Gasteiger partial charge on any atom is -0.489 e. The lowest BCUT2D eigenvalue weighted by Gasteiger charge is -2.36. The molecule has 1 aliphatic heterocycles. The Hall–Kier alpha value is -4.29. The van der Waals surface area contributed by atoms with Crippen molar-refractivity contribution in [2.75, 3.05) is 18.8 Å². The summed E-state index contributed by atoms with van der Waals surface area (Å²) in [7, 11) is 0. The summed E-state index contributed by atoms with van der Waals surface area (Å²) in [5.41, 5.74) is 8.87. The second kappa shape index (κ2) is 12.5. The first kappa shape index (κ1) is 30.4. The lowest BCUT2D eigenvalue weighted by Crippen LogP contribution is -2.43. The van der Waals surface area contributed by atoms with Crippen molar-refractivity contribution in [3.63, 3.8) is 0 Å². The molecule has 12 heteroatoms. The second-order valence-electron chi connectivity index (χ2n) is 12.0. The van der Waals surface area contributed by atoms with Crippen LogP contribution in [0.1, 0.15) is 60.1 Å². The number of benzene rings is 2. The van der Waals surface area contributed by atoms with Gasteiger partial charge in [0.1, 0.15) is 17.7 Å². The molecule has 1 aliphatic carbocycles. The fraction of sp³-hybridized carbons (Fsp3) is 0.324. The molecule has 2 fully saturated rings. The predicted molar refractivity (Wildman–Crippen MR) is 174 cm³/mol. The first-order valence-electron chi connectivity index (χ1n) is 15.4. The Kier molecular flexibility index (Phi) is 8.24. The number of anilines is 1. The van der Waals surface area contributed by atoms with E-state index in [2.05, 4.69) is 35.9 Å². The average Bonchev–Trinajstić information content (AvgIpc) is 3.80. The van der Waals surface area contributed by atoms with Crippen LogP contribution in [0.25, 0.3) is 16.6 Å². The minimum absolute atomic E-state index is 0.00519. The van der Waals surface area contributed by atoms with E-state index in [1.807, 2.05) is 12.1 Å². The van der Waals surface area contributed by atoms with Crippen molar-refractivity contribution in [2.45, 2.75) is 57.6 Å². The molecule has 0 bridgehead atoms. The van der Waals surface area contributed by atoms with Gasteiger partial charge in [0.15, 0.2) is 11.6 Å². The summed E-state index contributed by atoms with van der Waals surface area (Å²) in [4.78, 5) is 23.6. The highest BCUT2D eigenvalue weighted by atomic mass is 79.9. The Morgan fingerprint density at radius 3 is 2.50 bits per heavy atom. The summed E-state index contributed by atoms with van der Waals surface area (Å²) in [6.45, 7) is 3.88. The number of aromatic amines is 1. The van der Waals surface area contributed by atoms with Crippen molar-refractivity contribution < 1.29 is 23.0 Å². The molecular formula is C34H33BrF2N6O3. The van der Waals surface area contributed by atoms with Gasteiger partial charge in [0, 0.05) is 36.1 Å². The summed E-state index contributed by atoms with van der Waals surface area (Å²) < 4.78 is 42.1. The van der Waals surface area contributed by atoms with Gasteiger partial charge in [0.05, 0.1) is 33.8 Å². The quantitative estimate of drug-likeness (QED) is 0.162. The number of H-pyrrole nitrogens is 1. The minimum atomic E-state index is -0.842. The van der Waals surface area contributed by atoms with Crippen molar-refractivity contribution >= 4 is 38.4 Å². The Morgan fingerprint density at radius 1 is 1.04 bits per heavy atom. The lowest BCUT2D eigenvalue weighted by atomic mass is 10.0. The Labute approximate surface area is 272 Å². The number of para-hydroxylation sites is 1. The highest BCUT2D eigenvalue weighted by Crippen LogP contribution is 2.35. The summed E-state index contributed by atoms with van der Waals surface area (Å²) in [6.07, 6.45) is 10.3. The number of aryl methyl sites for hydroxylation is 1. The third-order valence-corrected chi connectivity index (χ3v) is 9.61. The third-order valence-electron chi connectivity index (χ3n) is 8.99. The molecule has 0 amide bonds. The molecule has 7 rings (SSSR count). The normalized spacial score (nSPS) is 16.3. The number of nitrogens with two attached hydrogens (primary N) is 1. The standard InChI is InChI=1S/C34H33BrF2N6O3/c1-19-13-31(46-33-25(36)7-4-8-26(33)37)39-18-29(19)43-34(38)23(17-40-43)32(44)28-14-20-15-30(24(35)16-27(20)41-28)45-22-9-11-42(12-10-22)21-5-2-3-6-21/h4,7-8,13-18,21-22,41H,2-3,5-6,9-12,38H2,1H3. The number of ketones is 1. The average molecular weight is 692 g/mol. The SMILES string of the molecule is Cc1cc(Oc2c(F)cccc2F)ncc1-n1ncc(C(=O)c2cc3cc(OC4CCN(C5CCCC5)CC4)c(Br)cc3[nH]2)c1N. The number of hydrogen-bond donors (Lipinski definition) is 2. The summed E-state index contributed by atoms with van der Waals surface area (Å²) in [5, 5.41) is 5.18. The van der Waals surface area contributed by atoms with Gasteiger partial charge in [-0.1, -0.05) is 18.9 Å². The van der Waals surface area contributed by atoms with E-state index in [9.17, 15) is 13.6 Å². The van der Waals surface area contributed by atoms with Crippen LogP contribution in [0.5, 0.6) is 17.4 Å². The summed E-state index contributed by atoms with van der Waals surface area (Å²) in [6, 6.07) is 11.4. The van der Waals surface area contributed by atoms with Gasteiger partial charge in [-0.2, -0.15) is 5.10 Å². The van der Waals surface area contributed by atoms with Crippen LogP contribution in [0.3, 0.4) is 0 Å². The van der Waals surface area contributed by atoms with Gasteiger partial charge in [0.2, 0.25) is 17.4 Å². The molecule has 0 unspecified atom stereocenters. The van der Waals surface area contributed by atoms with Crippen LogP contribution in [-0.2, 0) is 0 Å². The third kappa shape index (κ3) is 5.87. The Bertz CT molecular complexity index is 1910. The molecule has 1 saturated heterocycles. The van der Waals surface area contributed by atoms with Crippen LogP contribution in [0.2, 0.25) is 0 Å². The van der Waals surface area contributed by atoms with Gasteiger partial charge in [-0.25, -0.2) is 18.4 Å². The number of ether oxygens (including phenoxy) is 2. The highest BCUT2D eigenvalue weighted by Gasteiger charge is 2.28. The van der Waals surface area contributed by atoms with E-state index in [-0.39, 0.29) is 29.1 Å². The van der Waals surface area contributed by atoms with Gasteiger partial charge in [-0.05, 0) is 84.4 Å². The van der Waals surface area contributed by atoms with Crippen LogP contribution < -0.4 is 15.2 Å². The fourth-order valence-corrected chi connectivity index (χ4v) is 6.95. The molecule has 238 valence electrons.